The summed E-state index contributed by atoms with van der Waals surface area (Å²) in [6.45, 7) is 4.69. The lowest BCUT2D eigenvalue weighted by Crippen LogP contribution is -2.14. The third kappa shape index (κ3) is 3.94. The van der Waals surface area contributed by atoms with Crippen LogP contribution in [0.5, 0.6) is 0 Å². The molecule has 7 aromatic carbocycles. The molecule has 0 unspecified atom stereocenters. The zero-order chi connectivity index (χ0) is 33.8. The Balaban J connectivity index is 1.24. The van der Waals surface area contributed by atoms with Crippen LogP contribution in [0.15, 0.2) is 152 Å². The van der Waals surface area contributed by atoms with Gasteiger partial charge in [-0.1, -0.05) is 153 Å². The lowest BCUT2D eigenvalue weighted by molar-refractivity contribution is 0.661. The molecule has 3 heterocycles. The van der Waals surface area contributed by atoms with E-state index in [0.29, 0.717) is 5.95 Å². The molecule has 3 nitrogen and oxygen atoms in total. The lowest BCUT2D eigenvalue weighted by Gasteiger charge is -2.21. The number of para-hydroxylation sites is 2. The molecular formula is C47H31N3S. The molecule has 10 aromatic rings. The van der Waals surface area contributed by atoms with Gasteiger partial charge in [0, 0.05) is 52.9 Å². The Hall–Kier alpha value is -6.10. The van der Waals surface area contributed by atoms with Gasteiger partial charge in [-0.15, -0.1) is 11.3 Å². The Morgan fingerprint density at radius 2 is 1.14 bits per heavy atom. The molecule has 0 atom stereocenters. The Labute approximate surface area is 299 Å². The lowest BCUT2D eigenvalue weighted by atomic mass is 9.82. The van der Waals surface area contributed by atoms with E-state index in [9.17, 15) is 0 Å². The second-order valence-corrected chi connectivity index (χ2v) is 15.2. The van der Waals surface area contributed by atoms with E-state index in [1.165, 1.54) is 69.8 Å². The molecule has 0 N–H and O–H groups in total. The van der Waals surface area contributed by atoms with Crippen LogP contribution in [0.25, 0.3) is 92.3 Å². The van der Waals surface area contributed by atoms with Gasteiger partial charge in [0.1, 0.15) is 0 Å². The zero-order valence-electron chi connectivity index (χ0n) is 28.2. The molecule has 3 aromatic heterocycles. The number of thiophene rings is 1. The van der Waals surface area contributed by atoms with Crippen LogP contribution in [0, 0.1) is 0 Å². The third-order valence-electron chi connectivity index (χ3n) is 11.0. The summed E-state index contributed by atoms with van der Waals surface area (Å²) in [5.41, 5.74) is 12.9. The maximum absolute atomic E-state index is 5.59. The minimum absolute atomic E-state index is 0.119. The zero-order valence-corrected chi connectivity index (χ0v) is 29.0. The summed E-state index contributed by atoms with van der Waals surface area (Å²) in [7, 11) is 0. The van der Waals surface area contributed by atoms with Gasteiger partial charge in [-0.2, -0.15) is 0 Å². The highest BCUT2D eigenvalue weighted by atomic mass is 32.1. The Morgan fingerprint density at radius 1 is 0.490 bits per heavy atom. The van der Waals surface area contributed by atoms with Crippen molar-refractivity contribution in [3.05, 3.63) is 163 Å². The quantitative estimate of drug-likeness (QED) is 0.187. The molecule has 51 heavy (non-hydrogen) atoms. The van der Waals surface area contributed by atoms with Crippen LogP contribution in [-0.2, 0) is 5.41 Å². The second-order valence-electron chi connectivity index (χ2n) is 14.1. The highest BCUT2D eigenvalue weighted by Crippen LogP contribution is 2.53. The first-order valence-electron chi connectivity index (χ1n) is 17.5. The summed E-state index contributed by atoms with van der Waals surface area (Å²) in [5.74, 6) is 0.688. The molecule has 0 radical (unpaired) electrons. The van der Waals surface area contributed by atoms with E-state index in [0.717, 1.165) is 27.7 Å². The van der Waals surface area contributed by atoms with Crippen LogP contribution in [0.1, 0.15) is 25.0 Å². The van der Waals surface area contributed by atoms with E-state index in [4.69, 9.17) is 9.97 Å². The van der Waals surface area contributed by atoms with Crippen LogP contribution in [-0.4, -0.2) is 14.5 Å². The maximum Gasteiger partial charge on any atom is 0.235 e. The molecule has 0 bridgehead atoms. The standard InChI is InChI=1S/C47H31N3S/c1-47(2)37-23-9-6-17-34(37)41-38(47)27-26-31-30-16-8-11-25-40(30)50(43(31)41)46-48-39-24-10-7-18-35(39)42(49-46)36-22-13-21-33-32-20-12-19-29(44(32)51-45(33)36)28-14-4-3-5-15-28/h3-27H,1-2H3. The summed E-state index contributed by atoms with van der Waals surface area (Å²) in [4.78, 5) is 10.9. The van der Waals surface area contributed by atoms with Crippen molar-refractivity contribution in [2.24, 2.45) is 0 Å². The SMILES string of the molecule is CC1(C)c2ccccc2-c2c1ccc1c3ccccc3n(-c3nc(-c4cccc5c4sc4c(-c6ccccc6)cccc45)c4ccccc4n3)c21. The monoisotopic (exact) mass is 669 g/mol. The van der Waals surface area contributed by atoms with Crippen molar-refractivity contribution < 1.29 is 0 Å². The first kappa shape index (κ1) is 28.7. The van der Waals surface area contributed by atoms with Crippen LogP contribution in [0.3, 0.4) is 0 Å². The molecule has 0 aliphatic heterocycles. The van der Waals surface area contributed by atoms with Gasteiger partial charge in [-0.05, 0) is 39.9 Å². The van der Waals surface area contributed by atoms with Gasteiger partial charge in [0.2, 0.25) is 5.95 Å². The second kappa shape index (κ2) is 10.5. The predicted molar refractivity (Wildman–Crippen MR) is 215 cm³/mol. The highest BCUT2D eigenvalue weighted by Gasteiger charge is 2.37. The molecule has 11 rings (SSSR count). The highest BCUT2D eigenvalue weighted by molar-refractivity contribution is 7.26. The van der Waals surface area contributed by atoms with E-state index >= 15 is 0 Å². The van der Waals surface area contributed by atoms with Gasteiger partial charge < -0.3 is 0 Å². The molecule has 0 saturated carbocycles. The molecule has 0 spiro atoms. The van der Waals surface area contributed by atoms with Gasteiger partial charge >= 0.3 is 0 Å². The van der Waals surface area contributed by atoms with Crippen molar-refractivity contribution in [2.75, 3.05) is 0 Å². The van der Waals surface area contributed by atoms with Crippen LogP contribution < -0.4 is 0 Å². The molecule has 0 saturated heterocycles. The van der Waals surface area contributed by atoms with Crippen LogP contribution in [0.4, 0.5) is 0 Å². The number of benzene rings is 7. The summed E-state index contributed by atoms with van der Waals surface area (Å²) >= 11 is 1.86. The van der Waals surface area contributed by atoms with Crippen molar-refractivity contribution in [2.45, 2.75) is 19.3 Å². The van der Waals surface area contributed by atoms with Crippen molar-refractivity contribution in [3.63, 3.8) is 0 Å². The van der Waals surface area contributed by atoms with Crippen molar-refractivity contribution in [3.8, 4) is 39.5 Å². The minimum Gasteiger partial charge on any atom is -0.277 e. The van der Waals surface area contributed by atoms with E-state index in [1.807, 2.05) is 11.3 Å². The number of hydrogen-bond donors (Lipinski definition) is 0. The summed E-state index contributed by atoms with van der Waals surface area (Å²) < 4.78 is 4.87. The van der Waals surface area contributed by atoms with E-state index in [2.05, 4.69) is 170 Å². The number of aromatic nitrogens is 3. The Kier molecular flexibility index (Phi) is 5.89. The maximum atomic E-state index is 5.59. The molecule has 1 aliphatic rings. The smallest absolute Gasteiger partial charge is 0.235 e. The first-order chi connectivity index (χ1) is 25.1. The first-order valence-corrected chi connectivity index (χ1v) is 18.3. The number of nitrogens with zero attached hydrogens (tertiary/aromatic N) is 3. The van der Waals surface area contributed by atoms with Gasteiger partial charge in [0.25, 0.3) is 0 Å². The van der Waals surface area contributed by atoms with Crippen molar-refractivity contribution in [1.82, 2.24) is 14.5 Å². The van der Waals surface area contributed by atoms with E-state index < -0.39 is 0 Å². The average molecular weight is 670 g/mol. The van der Waals surface area contributed by atoms with Crippen molar-refractivity contribution >= 4 is 64.2 Å². The number of rotatable bonds is 3. The van der Waals surface area contributed by atoms with Gasteiger partial charge in [-0.25, -0.2) is 9.97 Å². The Morgan fingerprint density at radius 3 is 1.98 bits per heavy atom. The topological polar surface area (TPSA) is 30.7 Å². The summed E-state index contributed by atoms with van der Waals surface area (Å²) in [6.07, 6.45) is 0. The fourth-order valence-corrected chi connectivity index (χ4v) is 10.0. The Bertz CT molecular complexity index is 3060. The molecule has 1 aliphatic carbocycles. The fraction of sp³-hybridized carbons (Fsp3) is 0.0638. The predicted octanol–water partition coefficient (Wildman–Crippen LogP) is 12.7. The normalized spacial score (nSPS) is 13.5. The van der Waals surface area contributed by atoms with Crippen molar-refractivity contribution in [1.29, 1.82) is 0 Å². The van der Waals surface area contributed by atoms with Gasteiger partial charge in [0.15, 0.2) is 0 Å². The van der Waals surface area contributed by atoms with E-state index in [1.54, 1.807) is 0 Å². The fourth-order valence-electron chi connectivity index (χ4n) is 8.67. The summed E-state index contributed by atoms with van der Waals surface area (Å²) in [6, 6.07) is 54.8. The van der Waals surface area contributed by atoms with Gasteiger partial charge in [-0.3, -0.25) is 4.57 Å². The minimum atomic E-state index is -0.119. The molecule has 4 heteroatoms. The van der Waals surface area contributed by atoms with E-state index in [-0.39, 0.29) is 5.41 Å². The molecular weight excluding hydrogens is 639 g/mol. The van der Waals surface area contributed by atoms with Crippen LogP contribution in [0.2, 0.25) is 0 Å². The van der Waals surface area contributed by atoms with Gasteiger partial charge in [0.05, 0.1) is 22.2 Å². The molecule has 0 amide bonds. The number of hydrogen-bond acceptors (Lipinski definition) is 3. The average Bonchev–Trinajstić information content (AvgIpc) is 3.81. The molecule has 0 fully saturated rings. The van der Waals surface area contributed by atoms with Crippen LogP contribution >= 0.6 is 11.3 Å². The number of fused-ring (bicyclic) bond motifs is 11. The summed E-state index contributed by atoms with van der Waals surface area (Å²) in [5, 5.41) is 6.00. The third-order valence-corrected chi connectivity index (χ3v) is 12.3. The molecule has 240 valence electrons. The largest absolute Gasteiger partial charge is 0.277 e.